The zero-order valence-corrected chi connectivity index (χ0v) is 18.7. The van der Waals surface area contributed by atoms with Gasteiger partial charge in [-0.2, -0.15) is 0 Å². The van der Waals surface area contributed by atoms with Gasteiger partial charge in [-0.3, -0.25) is 9.59 Å². The molecule has 0 unspecified atom stereocenters. The Morgan fingerprint density at radius 3 is 2.68 bits per heavy atom. The van der Waals surface area contributed by atoms with Gasteiger partial charge in [-0.25, -0.2) is 4.98 Å². The number of nitrogens with one attached hydrogen (secondary N) is 1. The number of carbonyl (C=O) groups excluding carboxylic acids is 2. The second kappa shape index (κ2) is 7.18. The summed E-state index contributed by atoms with van der Waals surface area (Å²) >= 11 is 2.65. The van der Waals surface area contributed by atoms with Crippen molar-refractivity contribution < 1.29 is 9.59 Å². The van der Waals surface area contributed by atoms with Gasteiger partial charge in [0.05, 0.1) is 11.3 Å². The van der Waals surface area contributed by atoms with Crippen molar-refractivity contribution in [2.45, 2.75) is 26.7 Å². The van der Waals surface area contributed by atoms with Gasteiger partial charge in [0.25, 0.3) is 11.8 Å². The second-order valence-electron chi connectivity index (χ2n) is 7.69. The first-order chi connectivity index (χ1) is 14.8. The number of nitrogens with zero attached hydrogens (tertiary/aromatic N) is 1. The van der Waals surface area contributed by atoms with E-state index in [1.165, 1.54) is 28.2 Å². The molecular weight excluding hydrogens is 428 g/mol. The van der Waals surface area contributed by atoms with E-state index in [1.54, 1.807) is 0 Å². The Labute approximate surface area is 186 Å². The quantitative estimate of drug-likeness (QED) is 0.423. The number of benzene rings is 1. The fourth-order valence-corrected chi connectivity index (χ4v) is 6.71. The van der Waals surface area contributed by atoms with Crippen LogP contribution in [0.15, 0.2) is 30.3 Å². The van der Waals surface area contributed by atoms with Crippen molar-refractivity contribution in [1.29, 1.82) is 0 Å². The molecule has 5 N–H and O–H groups in total. The molecule has 3 heterocycles. The number of nitrogen functional groups attached to an aromatic ring is 1. The fourth-order valence-electron chi connectivity index (χ4n) is 4.29. The third-order valence-corrected chi connectivity index (χ3v) is 7.90. The van der Waals surface area contributed by atoms with Gasteiger partial charge >= 0.3 is 0 Å². The molecule has 0 saturated heterocycles. The maximum Gasteiger partial charge on any atom is 0.268 e. The monoisotopic (exact) mass is 448 g/mol. The lowest BCUT2D eigenvalue weighted by molar-refractivity contribution is 0.100. The van der Waals surface area contributed by atoms with Gasteiger partial charge in [0.1, 0.15) is 14.7 Å². The number of rotatable bonds is 3. The Morgan fingerprint density at radius 1 is 1.13 bits per heavy atom. The first kappa shape index (κ1) is 19.7. The SMILES string of the molecule is Cc1cc(C)c2c(N)c(C(=O)Nc3sc4c(c3C(N)=O)CCc3ccccc3-4)sc2n1. The molecule has 5 rings (SSSR count). The summed E-state index contributed by atoms with van der Waals surface area (Å²) < 4.78 is 0. The summed E-state index contributed by atoms with van der Waals surface area (Å²) in [6.45, 7) is 3.87. The van der Waals surface area contributed by atoms with Crippen LogP contribution < -0.4 is 16.8 Å². The van der Waals surface area contributed by atoms with Gasteiger partial charge < -0.3 is 16.8 Å². The highest BCUT2D eigenvalue weighted by Gasteiger charge is 2.29. The predicted octanol–water partition coefficient (Wildman–Crippen LogP) is 4.67. The second-order valence-corrected chi connectivity index (χ2v) is 9.71. The molecule has 0 saturated carbocycles. The third-order valence-electron chi connectivity index (χ3n) is 5.62. The van der Waals surface area contributed by atoms with E-state index >= 15 is 0 Å². The molecule has 0 atom stereocenters. The van der Waals surface area contributed by atoms with Gasteiger partial charge in [-0.1, -0.05) is 24.3 Å². The average Bonchev–Trinajstić information content (AvgIpc) is 3.25. The molecule has 1 aliphatic rings. The Morgan fingerprint density at radius 2 is 1.90 bits per heavy atom. The van der Waals surface area contributed by atoms with Crippen molar-refractivity contribution in [1.82, 2.24) is 4.98 Å². The third kappa shape index (κ3) is 3.10. The van der Waals surface area contributed by atoms with Crippen LogP contribution in [0.25, 0.3) is 20.7 Å². The van der Waals surface area contributed by atoms with E-state index in [0.717, 1.165) is 43.9 Å². The van der Waals surface area contributed by atoms with Gasteiger partial charge in [-0.05, 0) is 55.0 Å². The van der Waals surface area contributed by atoms with E-state index in [0.29, 0.717) is 27.5 Å². The maximum atomic E-state index is 13.2. The number of hydrogen-bond acceptors (Lipinski definition) is 6. The van der Waals surface area contributed by atoms with Crippen LogP contribution in [0.5, 0.6) is 0 Å². The van der Waals surface area contributed by atoms with Gasteiger partial charge in [0.15, 0.2) is 0 Å². The number of carbonyl (C=O) groups is 2. The van der Waals surface area contributed by atoms with Crippen molar-refractivity contribution in [3.8, 4) is 10.4 Å². The minimum Gasteiger partial charge on any atom is -0.397 e. The minimum absolute atomic E-state index is 0.355. The van der Waals surface area contributed by atoms with E-state index in [-0.39, 0.29) is 5.91 Å². The molecule has 0 spiro atoms. The average molecular weight is 449 g/mol. The van der Waals surface area contributed by atoms with Crippen LogP contribution in [0, 0.1) is 13.8 Å². The fraction of sp³-hybridized carbons (Fsp3) is 0.174. The molecular formula is C23H20N4O2S2. The standard InChI is InChI=1S/C23H20N4O2S2/c1-10-9-11(2)26-22-15(10)17(24)19(31-22)21(29)27-23-16(20(25)28)14-8-7-12-5-3-4-6-13(12)18(14)30-23/h3-6,9H,7-8,24H2,1-2H3,(H2,25,28)(H,27,29). The number of primary amides is 1. The summed E-state index contributed by atoms with van der Waals surface area (Å²) in [4.78, 5) is 32.1. The number of fused-ring (bicyclic) bond motifs is 4. The summed E-state index contributed by atoms with van der Waals surface area (Å²) in [5.74, 6) is -0.892. The van der Waals surface area contributed by atoms with Crippen LogP contribution >= 0.6 is 22.7 Å². The number of nitrogens with two attached hydrogens (primary N) is 2. The van der Waals surface area contributed by atoms with Crippen molar-refractivity contribution in [3.05, 3.63) is 63.2 Å². The molecule has 4 aromatic rings. The lowest BCUT2D eigenvalue weighted by atomic mass is 9.89. The highest BCUT2D eigenvalue weighted by molar-refractivity contribution is 7.22. The van der Waals surface area contributed by atoms with Gasteiger partial charge in [-0.15, -0.1) is 22.7 Å². The highest BCUT2D eigenvalue weighted by atomic mass is 32.1. The summed E-state index contributed by atoms with van der Waals surface area (Å²) in [7, 11) is 0. The van der Waals surface area contributed by atoms with E-state index in [4.69, 9.17) is 11.5 Å². The number of pyridine rings is 1. The first-order valence-electron chi connectivity index (χ1n) is 9.86. The van der Waals surface area contributed by atoms with E-state index < -0.39 is 5.91 Å². The molecule has 3 aromatic heterocycles. The molecule has 8 heteroatoms. The number of aromatic nitrogens is 1. The van der Waals surface area contributed by atoms with Crippen LogP contribution in [0.1, 0.15) is 42.4 Å². The van der Waals surface area contributed by atoms with Crippen LogP contribution in [0.3, 0.4) is 0 Å². The normalized spacial score (nSPS) is 12.5. The van der Waals surface area contributed by atoms with Crippen molar-refractivity contribution in [2.75, 3.05) is 11.1 Å². The number of anilines is 2. The number of aryl methyl sites for hydroxylation is 3. The van der Waals surface area contributed by atoms with Crippen molar-refractivity contribution in [2.24, 2.45) is 5.73 Å². The van der Waals surface area contributed by atoms with Gasteiger partial charge in [0.2, 0.25) is 0 Å². The summed E-state index contributed by atoms with van der Waals surface area (Å²) in [5.41, 5.74) is 17.9. The van der Waals surface area contributed by atoms with Crippen LogP contribution in [0.2, 0.25) is 0 Å². The Kier molecular flexibility index (Phi) is 4.56. The largest absolute Gasteiger partial charge is 0.397 e. The molecule has 31 heavy (non-hydrogen) atoms. The minimum atomic E-state index is -0.537. The molecule has 0 fully saturated rings. The number of hydrogen-bond donors (Lipinski definition) is 3. The summed E-state index contributed by atoms with van der Waals surface area (Å²) in [6, 6.07) is 10.1. The molecule has 0 bridgehead atoms. The zero-order chi connectivity index (χ0) is 21.9. The van der Waals surface area contributed by atoms with Crippen LogP contribution in [-0.2, 0) is 12.8 Å². The van der Waals surface area contributed by atoms with E-state index in [2.05, 4.69) is 16.4 Å². The predicted molar refractivity (Wildman–Crippen MR) is 127 cm³/mol. The maximum absolute atomic E-state index is 13.2. The lowest BCUT2D eigenvalue weighted by Gasteiger charge is -2.16. The topological polar surface area (TPSA) is 111 Å². The Bertz CT molecular complexity index is 1400. The van der Waals surface area contributed by atoms with Crippen molar-refractivity contribution in [3.63, 3.8) is 0 Å². The number of amides is 2. The molecule has 0 radical (unpaired) electrons. The molecule has 0 aliphatic heterocycles. The van der Waals surface area contributed by atoms with E-state index in [1.807, 2.05) is 38.1 Å². The van der Waals surface area contributed by atoms with Gasteiger partial charge in [0, 0.05) is 16.0 Å². The van der Waals surface area contributed by atoms with Crippen LogP contribution in [0.4, 0.5) is 10.7 Å². The van der Waals surface area contributed by atoms with Crippen LogP contribution in [-0.4, -0.2) is 16.8 Å². The Hall–Kier alpha value is -3.23. The smallest absolute Gasteiger partial charge is 0.268 e. The first-order valence-corrected chi connectivity index (χ1v) is 11.5. The molecule has 1 aromatic carbocycles. The summed E-state index contributed by atoms with van der Waals surface area (Å²) in [5, 5.41) is 4.18. The lowest BCUT2D eigenvalue weighted by Crippen LogP contribution is -2.18. The van der Waals surface area contributed by atoms with E-state index in [9.17, 15) is 9.59 Å². The van der Waals surface area contributed by atoms with Crippen molar-refractivity contribution >= 4 is 55.4 Å². The molecule has 6 nitrogen and oxygen atoms in total. The molecule has 1 aliphatic carbocycles. The summed E-state index contributed by atoms with van der Waals surface area (Å²) in [6.07, 6.45) is 1.55. The molecule has 156 valence electrons. The number of thiophene rings is 2. The molecule has 2 amide bonds. The Balaban J connectivity index is 1.59. The zero-order valence-electron chi connectivity index (χ0n) is 17.0. The highest BCUT2D eigenvalue weighted by Crippen LogP contribution is 2.45.